The molecule has 0 bridgehead atoms. The van der Waals surface area contributed by atoms with Gasteiger partial charge in [-0.25, -0.2) is 0 Å². The van der Waals surface area contributed by atoms with Gasteiger partial charge in [0.2, 0.25) is 0 Å². The molecule has 0 aromatic rings. The van der Waals surface area contributed by atoms with Crippen molar-refractivity contribution in [2.24, 2.45) is 0 Å². The van der Waals surface area contributed by atoms with Crippen molar-refractivity contribution in [2.75, 3.05) is 32.8 Å². The summed E-state index contributed by atoms with van der Waals surface area (Å²) >= 11 is 0. The predicted molar refractivity (Wildman–Crippen MR) is 62.3 cm³/mol. The molecule has 0 N–H and O–H groups in total. The highest BCUT2D eigenvalue weighted by atomic mass is 16.5. The summed E-state index contributed by atoms with van der Waals surface area (Å²) in [5, 5.41) is 0. The number of nitrogens with zero attached hydrogens (tertiary/aromatic N) is 1. The molecule has 0 aromatic heterocycles. The van der Waals surface area contributed by atoms with E-state index >= 15 is 0 Å². The highest BCUT2D eigenvalue weighted by Gasteiger charge is 2.18. The molecule has 0 radical (unpaired) electrons. The maximum Gasteiger partial charge on any atom is 0.306 e. The van der Waals surface area contributed by atoms with Crippen molar-refractivity contribution >= 4 is 5.97 Å². The lowest BCUT2D eigenvalue weighted by Crippen LogP contribution is -2.42. The van der Waals surface area contributed by atoms with Crippen LogP contribution in [0.1, 0.15) is 33.1 Å². The second-order valence-electron chi connectivity index (χ2n) is 4.18. The van der Waals surface area contributed by atoms with Gasteiger partial charge < -0.3 is 9.47 Å². The van der Waals surface area contributed by atoms with Crippen LogP contribution < -0.4 is 0 Å². The molecular weight excluding hydrogens is 206 g/mol. The Labute approximate surface area is 97.9 Å². The van der Waals surface area contributed by atoms with E-state index in [2.05, 4.69) is 11.8 Å². The van der Waals surface area contributed by atoms with E-state index in [0.29, 0.717) is 6.42 Å². The van der Waals surface area contributed by atoms with Gasteiger partial charge in [0.05, 0.1) is 13.2 Å². The normalized spacial score (nSPS) is 19.4. The van der Waals surface area contributed by atoms with Crippen LogP contribution in [0.5, 0.6) is 0 Å². The number of esters is 1. The lowest BCUT2D eigenvalue weighted by Gasteiger charge is -2.29. The van der Waals surface area contributed by atoms with Crippen LogP contribution in [-0.2, 0) is 14.3 Å². The monoisotopic (exact) mass is 229 g/mol. The Morgan fingerprint density at radius 3 is 2.62 bits per heavy atom. The SMILES string of the molecule is CCCC(=O)OC(CC)CN1CCOCC1. The van der Waals surface area contributed by atoms with Gasteiger partial charge in [-0.2, -0.15) is 0 Å². The summed E-state index contributed by atoms with van der Waals surface area (Å²) < 4.78 is 10.7. The summed E-state index contributed by atoms with van der Waals surface area (Å²) in [5.41, 5.74) is 0. The number of ether oxygens (including phenoxy) is 2. The molecule has 1 rings (SSSR count). The Balaban J connectivity index is 2.27. The molecule has 16 heavy (non-hydrogen) atoms. The number of hydrogen-bond acceptors (Lipinski definition) is 4. The van der Waals surface area contributed by atoms with Gasteiger partial charge in [-0.05, 0) is 12.8 Å². The molecule has 1 atom stereocenters. The molecule has 1 aliphatic heterocycles. The molecular formula is C12H23NO3. The fourth-order valence-corrected chi connectivity index (χ4v) is 1.77. The van der Waals surface area contributed by atoms with Gasteiger partial charge in [-0.1, -0.05) is 13.8 Å². The van der Waals surface area contributed by atoms with Crippen LogP contribution in [0.4, 0.5) is 0 Å². The highest BCUT2D eigenvalue weighted by Crippen LogP contribution is 2.06. The largest absolute Gasteiger partial charge is 0.461 e. The van der Waals surface area contributed by atoms with Crippen molar-refractivity contribution in [1.82, 2.24) is 4.90 Å². The Hall–Kier alpha value is -0.610. The van der Waals surface area contributed by atoms with E-state index in [0.717, 1.165) is 45.7 Å². The van der Waals surface area contributed by atoms with Crippen LogP contribution in [0.3, 0.4) is 0 Å². The molecule has 1 saturated heterocycles. The van der Waals surface area contributed by atoms with Crippen LogP contribution >= 0.6 is 0 Å². The molecule has 94 valence electrons. The zero-order chi connectivity index (χ0) is 11.8. The lowest BCUT2D eigenvalue weighted by atomic mass is 10.2. The van der Waals surface area contributed by atoms with Gasteiger partial charge >= 0.3 is 5.97 Å². The second-order valence-corrected chi connectivity index (χ2v) is 4.18. The van der Waals surface area contributed by atoms with E-state index in [1.54, 1.807) is 0 Å². The average Bonchev–Trinajstić information content (AvgIpc) is 2.30. The zero-order valence-corrected chi connectivity index (χ0v) is 10.4. The molecule has 0 amide bonds. The molecule has 1 aliphatic rings. The maximum atomic E-state index is 11.4. The van der Waals surface area contributed by atoms with Crippen molar-refractivity contribution in [1.29, 1.82) is 0 Å². The smallest absolute Gasteiger partial charge is 0.306 e. The molecule has 1 heterocycles. The third-order valence-electron chi connectivity index (χ3n) is 2.77. The van der Waals surface area contributed by atoms with E-state index in [4.69, 9.17) is 9.47 Å². The number of carbonyl (C=O) groups excluding carboxylic acids is 1. The Kier molecular flexibility index (Phi) is 6.42. The first-order valence-electron chi connectivity index (χ1n) is 6.25. The summed E-state index contributed by atoms with van der Waals surface area (Å²) in [7, 11) is 0. The first-order valence-corrected chi connectivity index (χ1v) is 6.25. The standard InChI is InChI=1S/C12H23NO3/c1-3-5-12(14)16-11(4-2)10-13-6-8-15-9-7-13/h11H,3-10H2,1-2H3. The summed E-state index contributed by atoms with van der Waals surface area (Å²) in [6.07, 6.45) is 2.30. The van der Waals surface area contributed by atoms with E-state index in [1.807, 2.05) is 6.92 Å². The summed E-state index contributed by atoms with van der Waals surface area (Å²) in [4.78, 5) is 13.7. The van der Waals surface area contributed by atoms with Crippen LogP contribution in [0.15, 0.2) is 0 Å². The fraction of sp³-hybridized carbons (Fsp3) is 0.917. The minimum atomic E-state index is -0.0670. The van der Waals surface area contributed by atoms with Crippen LogP contribution in [0, 0.1) is 0 Å². The molecule has 0 aromatic carbocycles. The highest BCUT2D eigenvalue weighted by molar-refractivity contribution is 5.69. The predicted octanol–water partition coefficient (Wildman–Crippen LogP) is 1.44. The second kappa shape index (κ2) is 7.63. The third kappa shape index (κ3) is 4.94. The number of hydrogen-bond donors (Lipinski definition) is 0. The summed E-state index contributed by atoms with van der Waals surface area (Å²) in [5.74, 6) is -0.0670. The Morgan fingerprint density at radius 1 is 1.38 bits per heavy atom. The van der Waals surface area contributed by atoms with Gasteiger partial charge in [-0.15, -0.1) is 0 Å². The first kappa shape index (κ1) is 13.5. The van der Waals surface area contributed by atoms with Crippen molar-refractivity contribution < 1.29 is 14.3 Å². The molecule has 1 unspecified atom stereocenters. The van der Waals surface area contributed by atoms with E-state index in [9.17, 15) is 4.79 Å². The van der Waals surface area contributed by atoms with Gasteiger partial charge in [0.25, 0.3) is 0 Å². The molecule has 0 spiro atoms. The topological polar surface area (TPSA) is 38.8 Å². The third-order valence-corrected chi connectivity index (χ3v) is 2.77. The average molecular weight is 229 g/mol. The summed E-state index contributed by atoms with van der Waals surface area (Å²) in [6, 6.07) is 0. The molecule has 0 saturated carbocycles. The van der Waals surface area contributed by atoms with Gasteiger partial charge in [0.15, 0.2) is 0 Å². The number of carbonyl (C=O) groups is 1. The van der Waals surface area contributed by atoms with E-state index < -0.39 is 0 Å². The van der Waals surface area contributed by atoms with E-state index in [1.165, 1.54) is 0 Å². The zero-order valence-electron chi connectivity index (χ0n) is 10.4. The summed E-state index contributed by atoms with van der Waals surface area (Å²) in [6.45, 7) is 8.37. The maximum absolute atomic E-state index is 11.4. The quantitative estimate of drug-likeness (QED) is 0.646. The van der Waals surface area contributed by atoms with Gasteiger partial charge in [-0.3, -0.25) is 9.69 Å². The van der Waals surface area contributed by atoms with Crippen molar-refractivity contribution in [3.05, 3.63) is 0 Å². The Morgan fingerprint density at radius 2 is 2.06 bits per heavy atom. The number of morpholine rings is 1. The molecule has 0 aliphatic carbocycles. The fourth-order valence-electron chi connectivity index (χ4n) is 1.77. The molecule has 4 nitrogen and oxygen atoms in total. The van der Waals surface area contributed by atoms with Crippen LogP contribution in [0.2, 0.25) is 0 Å². The lowest BCUT2D eigenvalue weighted by molar-refractivity contribution is -0.150. The van der Waals surface area contributed by atoms with Gasteiger partial charge in [0, 0.05) is 26.1 Å². The van der Waals surface area contributed by atoms with Crippen molar-refractivity contribution in [3.8, 4) is 0 Å². The number of rotatable bonds is 6. The van der Waals surface area contributed by atoms with Gasteiger partial charge in [0.1, 0.15) is 6.10 Å². The van der Waals surface area contributed by atoms with Crippen molar-refractivity contribution in [2.45, 2.75) is 39.2 Å². The van der Waals surface area contributed by atoms with Crippen molar-refractivity contribution in [3.63, 3.8) is 0 Å². The van der Waals surface area contributed by atoms with E-state index in [-0.39, 0.29) is 12.1 Å². The van der Waals surface area contributed by atoms with Crippen LogP contribution in [0.25, 0.3) is 0 Å². The van der Waals surface area contributed by atoms with Crippen LogP contribution in [-0.4, -0.2) is 49.8 Å². The minimum Gasteiger partial charge on any atom is -0.461 e. The Bertz CT molecular complexity index is 202. The minimum absolute atomic E-state index is 0.0390. The molecule has 1 fully saturated rings. The molecule has 4 heteroatoms. The first-order chi connectivity index (χ1) is 7.76.